The number of carbonyl (C=O) groups is 1. The maximum Gasteiger partial charge on any atom is 0.262 e. The number of ether oxygens (including phenoxy) is 1. The van der Waals surface area contributed by atoms with Gasteiger partial charge in [0.1, 0.15) is 5.75 Å². The van der Waals surface area contributed by atoms with Crippen LogP contribution in [0.4, 0.5) is 5.69 Å². The first-order chi connectivity index (χ1) is 10.6. The zero-order valence-electron chi connectivity index (χ0n) is 13.4. The number of aryl methyl sites for hydroxylation is 1. The number of hydrogen-bond donors (Lipinski definition) is 1. The molecule has 0 radical (unpaired) electrons. The van der Waals surface area contributed by atoms with Crippen LogP contribution in [0.5, 0.6) is 5.75 Å². The van der Waals surface area contributed by atoms with Gasteiger partial charge in [-0.1, -0.05) is 51.1 Å². The van der Waals surface area contributed by atoms with E-state index in [9.17, 15) is 4.79 Å². The van der Waals surface area contributed by atoms with Gasteiger partial charge in [-0.25, -0.2) is 0 Å². The van der Waals surface area contributed by atoms with Crippen LogP contribution in [-0.2, 0) is 11.2 Å². The number of benzene rings is 2. The molecule has 2 rings (SSSR count). The Kier molecular flexibility index (Phi) is 5.59. The maximum atomic E-state index is 12.0. The van der Waals surface area contributed by atoms with Gasteiger partial charge >= 0.3 is 0 Å². The van der Waals surface area contributed by atoms with Crippen LogP contribution in [0.15, 0.2) is 48.5 Å². The number of anilines is 1. The van der Waals surface area contributed by atoms with Gasteiger partial charge in [0, 0.05) is 5.69 Å². The molecule has 0 aliphatic heterocycles. The van der Waals surface area contributed by atoms with E-state index in [0.29, 0.717) is 5.92 Å². The van der Waals surface area contributed by atoms with E-state index in [4.69, 9.17) is 4.74 Å². The summed E-state index contributed by atoms with van der Waals surface area (Å²) in [5, 5.41) is 2.87. The molecule has 0 aromatic heterocycles. The molecular formula is C19H23NO2. The number of carbonyl (C=O) groups excluding carboxylic acids is 1. The van der Waals surface area contributed by atoms with E-state index in [2.05, 4.69) is 26.1 Å². The van der Waals surface area contributed by atoms with E-state index < -0.39 is 0 Å². The molecule has 0 saturated carbocycles. The highest BCUT2D eigenvalue weighted by Gasteiger charge is 2.09. The molecule has 1 amide bonds. The van der Waals surface area contributed by atoms with Gasteiger partial charge in [0.25, 0.3) is 5.91 Å². The first kappa shape index (κ1) is 16.1. The molecular weight excluding hydrogens is 274 g/mol. The van der Waals surface area contributed by atoms with Crippen molar-refractivity contribution < 1.29 is 9.53 Å². The van der Waals surface area contributed by atoms with E-state index >= 15 is 0 Å². The van der Waals surface area contributed by atoms with E-state index in [1.54, 1.807) is 0 Å². The van der Waals surface area contributed by atoms with Crippen LogP contribution < -0.4 is 10.1 Å². The third-order valence-corrected chi connectivity index (χ3v) is 3.52. The fourth-order valence-electron chi connectivity index (χ4n) is 2.30. The van der Waals surface area contributed by atoms with Gasteiger partial charge in [-0.2, -0.15) is 0 Å². The largest absolute Gasteiger partial charge is 0.483 e. The van der Waals surface area contributed by atoms with Gasteiger partial charge in [-0.15, -0.1) is 0 Å². The minimum atomic E-state index is -0.146. The second-order valence-electron chi connectivity index (χ2n) is 5.58. The number of para-hydroxylation sites is 1. The predicted octanol–water partition coefficient (Wildman–Crippen LogP) is 4.39. The lowest BCUT2D eigenvalue weighted by atomic mass is 10.0. The number of nitrogens with one attached hydrogen (secondary N) is 1. The average molecular weight is 297 g/mol. The summed E-state index contributed by atoms with van der Waals surface area (Å²) in [4.78, 5) is 12.0. The maximum absolute atomic E-state index is 12.0. The third kappa shape index (κ3) is 4.35. The van der Waals surface area contributed by atoms with E-state index in [-0.39, 0.29) is 12.5 Å². The summed E-state index contributed by atoms with van der Waals surface area (Å²) in [7, 11) is 0. The van der Waals surface area contributed by atoms with Crippen molar-refractivity contribution in [2.75, 3.05) is 11.9 Å². The molecule has 0 unspecified atom stereocenters. The highest BCUT2D eigenvalue weighted by molar-refractivity contribution is 5.91. The van der Waals surface area contributed by atoms with E-state index in [1.807, 2.05) is 48.5 Å². The second-order valence-corrected chi connectivity index (χ2v) is 5.58. The van der Waals surface area contributed by atoms with E-state index in [1.165, 1.54) is 5.56 Å². The third-order valence-electron chi connectivity index (χ3n) is 3.52. The Hall–Kier alpha value is -2.29. The summed E-state index contributed by atoms with van der Waals surface area (Å²) in [6.45, 7) is 6.32. The summed E-state index contributed by atoms with van der Waals surface area (Å²) in [5.41, 5.74) is 3.12. The Bertz CT molecular complexity index is 635. The zero-order valence-corrected chi connectivity index (χ0v) is 13.4. The van der Waals surface area contributed by atoms with Gasteiger partial charge in [-0.3, -0.25) is 4.79 Å². The topological polar surface area (TPSA) is 38.3 Å². The molecule has 0 fully saturated rings. The quantitative estimate of drug-likeness (QED) is 0.858. The molecule has 2 aromatic carbocycles. The van der Waals surface area contributed by atoms with Gasteiger partial charge in [0.05, 0.1) is 0 Å². The van der Waals surface area contributed by atoms with Gasteiger partial charge in [0.2, 0.25) is 0 Å². The van der Waals surface area contributed by atoms with Crippen LogP contribution in [0, 0.1) is 0 Å². The molecule has 0 heterocycles. The Morgan fingerprint density at radius 3 is 2.64 bits per heavy atom. The molecule has 0 spiro atoms. The number of rotatable bonds is 6. The lowest BCUT2D eigenvalue weighted by Crippen LogP contribution is -2.20. The van der Waals surface area contributed by atoms with Crippen LogP contribution in [0.1, 0.15) is 37.8 Å². The number of hydrogen-bond acceptors (Lipinski definition) is 2. The van der Waals surface area contributed by atoms with Crippen LogP contribution in [0.2, 0.25) is 0 Å². The van der Waals surface area contributed by atoms with Crippen LogP contribution in [0.25, 0.3) is 0 Å². The van der Waals surface area contributed by atoms with Crippen molar-refractivity contribution in [3.63, 3.8) is 0 Å². The molecule has 0 bridgehead atoms. The molecule has 1 N–H and O–H groups in total. The minimum Gasteiger partial charge on any atom is -0.483 e. The Labute approximate surface area is 132 Å². The van der Waals surface area contributed by atoms with Crippen LogP contribution >= 0.6 is 0 Å². The van der Waals surface area contributed by atoms with Crippen molar-refractivity contribution in [1.29, 1.82) is 0 Å². The average Bonchev–Trinajstić information content (AvgIpc) is 2.53. The van der Waals surface area contributed by atoms with Crippen molar-refractivity contribution in [3.05, 3.63) is 59.7 Å². The SMILES string of the molecule is CCc1cccc(NC(=O)COc2ccccc2C(C)C)c1. The molecule has 0 saturated heterocycles. The van der Waals surface area contributed by atoms with E-state index in [0.717, 1.165) is 23.4 Å². The molecule has 2 aromatic rings. The Morgan fingerprint density at radius 1 is 1.14 bits per heavy atom. The number of amides is 1. The minimum absolute atomic E-state index is 0.0140. The zero-order chi connectivity index (χ0) is 15.9. The van der Waals surface area contributed by atoms with Crippen molar-refractivity contribution in [1.82, 2.24) is 0 Å². The first-order valence-corrected chi connectivity index (χ1v) is 7.70. The Balaban J connectivity index is 1.95. The molecule has 3 nitrogen and oxygen atoms in total. The summed E-state index contributed by atoms with van der Waals surface area (Å²) in [6.07, 6.45) is 0.946. The molecule has 0 aliphatic carbocycles. The lowest BCUT2D eigenvalue weighted by Gasteiger charge is -2.14. The van der Waals surface area contributed by atoms with Crippen LogP contribution in [0.3, 0.4) is 0 Å². The molecule has 22 heavy (non-hydrogen) atoms. The first-order valence-electron chi connectivity index (χ1n) is 7.70. The molecule has 116 valence electrons. The molecule has 3 heteroatoms. The molecule has 0 aliphatic rings. The normalized spacial score (nSPS) is 10.5. The summed E-state index contributed by atoms with van der Waals surface area (Å²) in [6, 6.07) is 15.7. The smallest absolute Gasteiger partial charge is 0.262 e. The van der Waals surface area contributed by atoms with Crippen molar-refractivity contribution in [2.45, 2.75) is 33.1 Å². The van der Waals surface area contributed by atoms with Crippen molar-refractivity contribution in [3.8, 4) is 5.75 Å². The van der Waals surface area contributed by atoms with Crippen molar-refractivity contribution in [2.24, 2.45) is 0 Å². The summed E-state index contributed by atoms with van der Waals surface area (Å²) < 4.78 is 5.68. The highest BCUT2D eigenvalue weighted by Crippen LogP contribution is 2.25. The lowest BCUT2D eigenvalue weighted by molar-refractivity contribution is -0.118. The standard InChI is InChI=1S/C19H23NO2/c1-4-15-8-7-9-16(12-15)20-19(21)13-22-18-11-6-5-10-17(18)14(2)3/h5-12,14H,4,13H2,1-3H3,(H,20,21). The predicted molar refractivity (Wildman–Crippen MR) is 90.5 cm³/mol. The summed E-state index contributed by atoms with van der Waals surface area (Å²) >= 11 is 0. The Morgan fingerprint density at radius 2 is 1.91 bits per heavy atom. The van der Waals surface area contributed by atoms with Gasteiger partial charge in [0.15, 0.2) is 6.61 Å². The summed E-state index contributed by atoms with van der Waals surface area (Å²) in [5.74, 6) is 0.988. The highest BCUT2D eigenvalue weighted by atomic mass is 16.5. The monoisotopic (exact) mass is 297 g/mol. The molecule has 0 atom stereocenters. The van der Waals surface area contributed by atoms with Crippen LogP contribution in [-0.4, -0.2) is 12.5 Å². The van der Waals surface area contributed by atoms with Crippen molar-refractivity contribution >= 4 is 11.6 Å². The second kappa shape index (κ2) is 7.64. The van der Waals surface area contributed by atoms with Gasteiger partial charge in [-0.05, 0) is 41.7 Å². The fraction of sp³-hybridized carbons (Fsp3) is 0.316. The fourth-order valence-corrected chi connectivity index (χ4v) is 2.30. The van der Waals surface area contributed by atoms with Gasteiger partial charge < -0.3 is 10.1 Å².